The summed E-state index contributed by atoms with van der Waals surface area (Å²) in [6, 6.07) is 10.1. The number of aryl methyl sites for hydroxylation is 2. The van der Waals surface area contributed by atoms with Gasteiger partial charge in [0.1, 0.15) is 0 Å². The number of hydrogen-bond donors (Lipinski definition) is 2. The predicted octanol–water partition coefficient (Wildman–Crippen LogP) is 2.30. The molecule has 0 spiro atoms. The Morgan fingerprint density at radius 3 is 2.95 bits per heavy atom. The lowest BCUT2D eigenvalue weighted by Gasteiger charge is -2.06. The topological polar surface area (TPSA) is 68.8 Å². The van der Waals surface area contributed by atoms with Crippen molar-refractivity contribution in [2.45, 2.75) is 13.0 Å². The third-order valence-electron chi connectivity index (χ3n) is 3.41. The van der Waals surface area contributed by atoms with Gasteiger partial charge < -0.3 is 15.6 Å². The van der Waals surface area contributed by atoms with Crippen molar-refractivity contribution in [2.75, 3.05) is 18.1 Å². The summed E-state index contributed by atoms with van der Waals surface area (Å²) in [5, 5.41) is 3.11. The number of imidazole rings is 1. The fourth-order valence-corrected chi connectivity index (χ4v) is 2.33. The Morgan fingerprint density at radius 2 is 2.20 bits per heavy atom. The molecular formula is C15H17N5. The molecule has 2 aromatic heterocycles. The van der Waals surface area contributed by atoms with Gasteiger partial charge in [0, 0.05) is 31.7 Å². The summed E-state index contributed by atoms with van der Waals surface area (Å²) in [4.78, 5) is 8.55. The third-order valence-corrected chi connectivity index (χ3v) is 3.41. The average molecular weight is 267 g/mol. The van der Waals surface area contributed by atoms with Gasteiger partial charge in [-0.3, -0.25) is 4.98 Å². The Hall–Kier alpha value is -2.56. The number of aromatic nitrogens is 3. The van der Waals surface area contributed by atoms with Crippen LogP contribution in [0.15, 0.2) is 42.7 Å². The number of nitrogens with zero attached hydrogens (tertiary/aromatic N) is 3. The van der Waals surface area contributed by atoms with E-state index >= 15 is 0 Å². The highest BCUT2D eigenvalue weighted by Crippen LogP contribution is 2.21. The second-order valence-electron chi connectivity index (χ2n) is 4.69. The molecule has 0 bridgehead atoms. The van der Waals surface area contributed by atoms with Gasteiger partial charge in [-0.2, -0.15) is 0 Å². The van der Waals surface area contributed by atoms with Crippen LogP contribution in [0.2, 0.25) is 0 Å². The lowest BCUT2D eigenvalue weighted by Crippen LogP contribution is -2.05. The minimum absolute atomic E-state index is 0.553. The zero-order chi connectivity index (χ0) is 13.9. The van der Waals surface area contributed by atoms with Gasteiger partial charge in [0.05, 0.1) is 11.0 Å². The molecule has 0 radical (unpaired) electrons. The lowest BCUT2D eigenvalue weighted by atomic mass is 10.2. The predicted molar refractivity (Wildman–Crippen MR) is 81.6 cm³/mol. The summed E-state index contributed by atoms with van der Waals surface area (Å²) in [7, 11) is 1.89. The summed E-state index contributed by atoms with van der Waals surface area (Å²) in [6.07, 6.45) is 4.55. The molecule has 2 heterocycles. The van der Waals surface area contributed by atoms with E-state index < -0.39 is 0 Å². The fraction of sp³-hybridized carbons (Fsp3) is 0.200. The van der Waals surface area contributed by atoms with E-state index in [1.807, 2.05) is 42.1 Å². The van der Waals surface area contributed by atoms with Gasteiger partial charge in [0.2, 0.25) is 5.95 Å². The number of pyridine rings is 1. The standard InChI is InChI=1S/C15H17N5/c1-17-12-4-5-14-13(9-12)19-15(16)20(14)8-6-11-3-2-7-18-10-11/h2-5,7,9-10,17H,6,8H2,1H3,(H2,16,19). The molecule has 20 heavy (non-hydrogen) atoms. The normalized spacial score (nSPS) is 10.8. The Labute approximate surface area is 117 Å². The minimum Gasteiger partial charge on any atom is -0.388 e. The Bertz CT molecular complexity index is 718. The van der Waals surface area contributed by atoms with Crippen molar-refractivity contribution in [3.05, 3.63) is 48.3 Å². The first kappa shape index (κ1) is 12.5. The monoisotopic (exact) mass is 267 g/mol. The van der Waals surface area contributed by atoms with Crippen molar-refractivity contribution in [3.8, 4) is 0 Å². The van der Waals surface area contributed by atoms with Crippen LogP contribution in [0.3, 0.4) is 0 Å². The van der Waals surface area contributed by atoms with E-state index in [0.29, 0.717) is 5.95 Å². The van der Waals surface area contributed by atoms with Crippen molar-refractivity contribution in [3.63, 3.8) is 0 Å². The molecule has 0 aliphatic carbocycles. The van der Waals surface area contributed by atoms with Gasteiger partial charge in [-0.25, -0.2) is 4.98 Å². The second-order valence-corrected chi connectivity index (χ2v) is 4.69. The molecule has 0 unspecified atom stereocenters. The molecule has 0 fully saturated rings. The first-order valence-electron chi connectivity index (χ1n) is 6.60. The van der Waals surface area contributed by atoms with Crippen LogP contribution in [0.1, 0.15) is 5.56 Å². The molecule has 3 aromatic rings. The van der Waals surface area contributed by atoms with Crippen LogP contribution >= 0.6 is 0 Å². The van der Waals surface area contributed by atoms with Crippen molar-refractivity contribution in [1.29, 1.82) is 0 Å². The molecule has 3 N–H and O–H groups in total. The van der Waals surface area contributed by atoms with E-state index in [1.54, 1.807) is 6.20 Å². The number of anilines is 2. The number of benzene rings is 1. The SMILES string of the molecule is CNc1ccc2c(c1)nc(N)n2CCc1cccnc1. The van der Waals surface area contributed by atoms with Crippen LogP contribution < -0.4 is 11.1 Å². The van der Waals surface area contributed by atoms with Crippen LogP contribution in [0.25, 0.3) is 11.0 Å². The smallest absolute Gasteiger partial charge is 0.201 e. The third kappa shape index (κ3) is 2.30. The van der Waals surface area contributed by atoms with Gasteiger partial charge in [0.15, 0.2) is 0 Å². The average Bonchev–Trinajstić information content (AvgIpc) is 2.80. The zero-order valence-electron chi connectivity index (χ0n) is 11.4. The van der Waals surface area contributed by atoms with Crippen molar-refractivity contribution < 1.29 is 0 Å². The Kier molecular flexibility index (Phi) is 3.25. The molecule has 3 rings (SSSR count). The lowest BCUT2D eigenvalue weighted by molar-refractivity contribution is 0.724. The number of nitrogens with two attached hydrogens (primary N) is 1. The molecule has 0 saturated carbocycles. The van der Waals surface area contributed by atoms with E-state index in [-0.39, 0.29) is 0 Å². The Morgan fingerprint density at radius 1 is 1.30 bits per heavy atom. The first-order valence-corrected chi connectivity index (χ1v) is 6.60. The van der Waals surface area contributed by atoms with E-state index in [1.165, 1.54) is 5.56 Å². The largest absolute Gasteiger partial charge is 0.388 e. The van der Waals surface area contributed by atoms with Gasteiger partial charge in [-0.15, -0.1) is 0 Å². The second kappa shape index (κ2) is 5.21. The van der Waals surface area contributed by atoms with Crippen LogP contribution in [0.4, 0.5) is 11.6 Å². The summed E-state index contributed by atoms with van der Waals surface area (Å²) in [5.41, 5.74) is 10.2. The van der Waals surface area contributed by atoms with Crippen LogP contribution in [-0.4, -0.2) is 21.6 Å². The maximum Gasteiger partial charge on any atom is 0.201 e. The molecule has 0 aliphatic rings. The molecule has 5 heteroatoms. The van der Waals surface area contributed by atoms with Crippen LogP contribution in [0, 0.1) is 0 Å². The molecule has 102 valence electrons. The quantitative estimate of drug-likeness (QED) is 0.761. The van der Waals surface area contributed by atoms with Gasteiger partial charge >= 0.3 is 0 Å². The van der Waals surface area contributed by atoms with Crippen molar-refractivity contribution in [1.82, 2.24) is 14.5 Å². The molecule has 0 aliphatic heterocycles. The molecule has 0 atom stereocenters. The fourth-order valence-electron chi connectivity index (χ4n) is 2.33. The van der Waals surface area contributed by atoms with Crippen LogP contribution in [-0.2, 0) is 13.0 Å². The van der Waals surface area contributed by atoms with Crippen molar-refractivity contribution in [2.24, 2.45) is 0 Å². The summed E-state index contributed by atoms with van der Waals surface area (Å²) in [6.45, 7) is 0.799. The summed E-state index contributed by atoms with van der Waals surface area (Å²) >= 11 is 0. The highest BCUT2D eigenvalue weighted by molar-refractivity contribution is 5.82. The van der Waals surface area contributed by atoms with Crippen LogP contribution in [0.5, 0.6) is 0 Å². The number of nitrogens with one attached hydrogen (secondary N) is 1. The molecule has 1 aromatic carbocycles. The highest BCUT2D eigenvalue weighted by atomic mass is 15.1. The number of fused-ring (bicyclic) bond motifs is 1. The van der Waals surface area contributed by atoms with E-state index in [9.17, 15) is 0 Å². The number of nitrogen functional groups attached to an aromatic ring is 1. The molecular weight excluding hydrogens is 250 g/mol. The van der Waals surface area contributed by atoms with E-state index in [4.69, 9.17) is 5.73 Å². The maximum absolute atomic E-state index is 6.02. The zero-order valence-corrected chi connectivity index (χ0v) is 11.4. The van der Waals surface area contributed by atoms with Gasteiger partial charge in [-0.05, 0) is 36.2 Å². The summed E-state index contributed by atoms with van der Waals surface area (Å²) < 4.78 is 2.04. The van der Waals surface area contributed by atoms with Crippen molar-refractivity contribution >= 4 is 22.7 Å². The molecule has 0 amide bonds. The molecule has 5 nitrogen and oxygen atoms in total. The summed E-state index contributed by atoms with van der Waals surface area (Å²) in [5.74, 6) is 0.553. The van der Waals surface area contributed by atoms with E-state index in [2.05, 4.69) is 21.4 Å². The minimum atomic E-state index is 0.553. The highest BCUT2D eigenvalue weighted by Gasteiger charge is 2.08. The Balaban J connectivity index is 1.89. The maximum atomic E-state index is 6.02. The molecule has 0 saturated heterocycles. The van der Waals surface area contributed by atoms with E-state index in [0.717, 1.165) is 29.7 Å². The first-order chi connectivity index (χ1) is 9.78. The number of rotatable bonds is 4. The van der Waals surface area contributed by atoms with Gasteiger partial charge in [0.25, 0.3) is 0 Å². The number of hydrogen-bond acceptors (Lipinski definition) is 4. The van der Waals surface area contributed by atoms with Gasteiger partial charge in [-0.1, -0.05) is 6.07 Å².